The van der Waals surface area contributed by atoms with E-state index >= 15 is 0 Å². The molecule has 2 aromatic rings. The first kappa shape index (κ1) is 16.4. The third-order valence-corrected chi connectivity index (χ3v) is 4.20. The number of rotatable bonds is 4. The number of methoxy groups -OCH3 is 1. The van der Waals surface area contributed by atoms with Crippen LogP contribution in [0.4, 0.5) is 5.69 Å². The van der Waals surface area contributed by atoms with Crippen molar-refractivity contribution in [3.63, 3.8) is 0 Å². The molecule has 4 nitrogen and oxygen atoms in total. The fraction of sp³-hybridized carbons (Fsp3) is 0.350. The SMILES string of the molecule is COc1cc(C(=O)N2c3ccccc3C[C@H]2C)ccc1OC(C)C. The Labute approximate surface area is 143 Å². The van der Waals surface area contributed by atoms with Gasteiger partial charge in [-0.15, -0.1) is 0 Å². The summed E-state index contributed by atoms with van der Waals surface area (Å²) in [6.45, 7) is 5.99. The van der Waals surface area contributed by atoms with E-state index in [1.807, 2.05) is 36.9 Å². The Morgan fingerprint density at radius 3 is 2.62 bits per heavy atom. The minimum absolute atomic E-state index is 0.0122. The molecule has 0 aliphatic carbocycles. The number of amides is 1. The van der Waals surface area contributed by atoms with E-state index in [0.29, 0.717) is 17.1 Å². The lowest BCUT2D eigenvalue weighted by molar-refractivity contribution is 0.0981. The van der Waals surface area contributed by atoms with Gasteiger partial charge in [-0.05, 0) is 57.0 Å². The van der Waals surface area contributed by atoms with Gasteiger partial charge in [-0.3, -0.25) is 4.79 Å². The number of hydrogen-bond donors (Lipinski definition) is 0. The van der Waals surface area contributed by atoms with Crippen LogP contribution in [0.3, 0.4) is 0 Å². The second-order valence-corrected chi connectivity index (χ2v) is 6.39. The van der Waals surface area contributed by atoms with Crippen LogP contribution in [0.15, 0.2) is 42.5 Å². The molecule has 0 radical (unpaired) electrons. The molecule has 4 heteroatoms. The van der Waals surface area contributed by atoms with Crippen molar-refractivity contribution in [3.8, 4) is 11.5 Å². The molecule has 0 N–H and O–H groups in total. The van der Waals surface area contributed by atoms with Crippen LogP contribution in [0, 0.1) is 0 Å². The Morgan fingerprint density at radius 2 is 1.92 bits per heavy atom. The van der Waals surface area contributed by atoms with Crippen molar-refractivity contribution < 1.29 is 14.3 Å². The number of para-hydroxylation sites is 1. The molecule has 126 valence electrons. The van der Waals surface area contributed by atoms with Gasteiger partial charge in [0.1, 0.15) is 0 Å². The average molecular weight is 325 g/mol. The lowest BCUT2D eigenvalue weighted by atomic mass is 10.1. The Hall–Kier alpha value is -2.49. The summed E-state index contributed by atoms with van der Waals surface area (Å²) < 4.78 is 11.1. The molecule has 0 spiro atoms. The summed E-state index contributed by atoms with van der Waals surface area (Å²) in [5, 5.41) is 0. The summed E-state index contributed by atoms with van der Waals surface area (Å²) >= 11 is 0. The fourth-order valence-corrected chi connectivity index (χ4v) is 3.17. The zero-order valence-corrected chi connectivity index (χ0v) is 14.6. The van der Waals surface area contributed by atoms with Crippen LogP contribution >= 0.6 is 0 Å². The second kappa shape index (κ2) is 6.56. The Morgan fingerprint density at radius 1 is 1.17 bits per heavy atom. The predicted octanol–water partition coefficient (Wildman–Crippen LogP) is 4.07. The van der Waals surface area contributed by atoms with E-state index in [1.165, 1.54) is 5.56 Å². The van der Waals surface area contributed by atoms with Crippen molar-refractivity contribution >= 4 is 11.6 Å². The summed E-state index contributed by atoms with van der Waals surface area (Å²) in [4.78, 5) is 14.9. The van der Waals surface area contributed by atoms with E-state index in [9.17, 15) is 4.79 Å². The molecule has 1 amide bonds. The van der Waals surface area contributed by atoms with Gasteiger partial charge < -0.3 is 14.4 Å². The lowest BCUT2D eigenvalue weighted by Crippen LogP contribution is -2.35. The van der Waals surface area contributed by atoms with Crippen molar-refractivity contribution in [1.29, 1.82) is 0 Å². The molecule has 0 saturated carbocycles. The van der Waals surface area contributed by atoms with Crippen LogP contribution in [0.5, 0.6) is 11.5 Å². The van der Waals surface area contributed by atoms with Crippen molar-refractivity contribution in [2.24, 2.45) is 0 Å². The van der Waals surface area contributed by atoms with Gasteiger partial charge in [0.05, 0.1) is 13.2 Å². The van der Waals surface area contributed by atoms with E-state index in [-0.39, 0.29) is 18.1 Å². The molecular weight excluding hydrogens is 302 g/mol. The van der Waals surface area contributed by atoms with E-state index < -0.39 is 0 Å². The summed E-state index contributed by atoms with van der Waals surface area (Å²) in [5.41, 5.74) is 2.81. The summed E-state index contributed by atoms with van der Waals surface area (Å²) in [5.74, 6) is 1.22. The van der Waals surface area contributed by atoms with Gasteiger partial charge in [0.2, 0.25) is 0 Å². The number of anilines is 1. The molecule has 1 atom stereocenters. The van der Waals surface area contributed by atoms with Gasteiger partial charge in [-0.25, -0.2) is 0 Å². The van der Waals surface area contributed by atoms with Crippen molar-refractivity contribution in [2.45, 2.75) is 39.3 Å². The van der Waals surface area contributed by atoms with E-state index in [4.69, 9.17) is 9.47 Å². The highest BCUT2D eigenvalue weighted by molar-refractivity contribution is 6.08. The predicted molar refractivity (Wildman–Crippen MR) is 95.2 cm³/mol. The molecule has 1 aliphatic rings. The molecule has 0 fully saturated rings. The molecule has 0 aromatic heterocycles. The molecule has 0 saturated heterocycles. The van der Waals surface area contributed by atoms with Crippen molar-refractivity contribution in [2.75, 3.05) is 12.0 Å². The molecule has 1 aliphatic heterocycles. The van der Waals surface area contributed by atoms with Crippen LogP contribution in [0.2, 0.25) is 0 Å². The first-order chi connectivity index (χ1) is 11.5. The summed E-state index contributed by atoms with van der Waals surface area (Å²) in [7, 11) is 1.59. The number of nitrogens with zero attached hydrogens (tertiary/aromatic N) is 1. The molecule has 0 unspecified atom stereocenters. The number of carbonyl (C=O) groups is 1. The quantitative estimate of drug-likeness (QED) is 0.850. The molecular formula is C20H23NO3. The van der Waals surface area contributed by atoms with Crippen LogP contribution in [0.1, 0.15) is 36.7 Å². The number of fused-ring (bicyclic) bond motifs is 1. The van der Waals surface area contributed by atoms with Crippen LogP contribution < -0.4 is 14.4 Å². The minimum Gasteiger partial charge on any atom is -0.493 e. The van der Waals surface area contributed by atoms with Gasteiger partial charge in [0.15, 0.2) is 11.5 Å². The molecule has 1 heterocycles. The topological polar surface area (TPSA) is 38.8 Å². The van der Waals surface area contributed by atoms with E-state index in [2.05, 4.69) is 13.0 Å². The summed E-state index contributed by atoms with van der Waals surface area (Å²) in [6, 6.07) is 13.6. The van der Waals surface area contributed by atoms with Crippen molar-refractivity contribution in [3.05, 3.63) is 53.6 Å². The van der Waals surface area contributed by atoms with E-state index in [0.717, 1.165) is 12.1 Å². The van der Waals surface area contributed by atoms with Gasteiger partial charge in [-0.2, -0.15) is 0 Å². The van der Waals surface area contributed by atoms with Gasteiger partial charge >= 0.3 is 0 Å². The largest absolute Gasteiger partial charge is 0.493 e. The number of benzene rings is 2. The first-order valence-electron chi connectivity index (χ1n) is 8.27. The smallest absolute Gasteiger partial charge is 0.258 e. The third kappa shape index (κ3) is 2.96. The molecule has 24 heavy (non-hydrogen) atoms. The molecule has 0 bridgehead atoms. The highest BCUT2D eigenvalue weighted by Gasteiger charge is 2.31. The molecule has 2 aromatic carbocycles. The first-order valence-corrected chi connectivity index (χ1v) is 8.27. The lowest BCUT2D eigenvalue weighted by Gasteiger charge is -2.23. The maximum Gasteiger partial charge on any atom is 0.258 e. The normalized spacial score (nSPS) is 16.2. The zero-order valence-electron chi connectivity index (χ0n) is 14.6. The average Bonchev–Trinajstić information content (AvgIpc) is 2.89. The summed E-state index contributed by atoms with van der Waals surface area (Å²) in [6.07, 6.45) is 0.930. The fourth-order valence-electron chi connectivity index (χ4n) is 3.17. The van der Waals surface area contributed by atoms with Crippen molar-refractivity contribution in [1.82, 2.24) is 0 Å². The standard InChI is InChI=1S/C20H23NO3/c1-13(2)24-18-10-9-16(12-19(18)23-4)20(22)21-14(3)11-15-7-5-6-8-17(15)21/h5-10,12-14H,11H2,1-4H3/t14-/m1/s1. The molecule has 3 rings (SSSR count). The Balaban J connectivity index is 1.93. The maximum absolute atomic E-state index is 13.1. The highest BCUT2D eigenvalue weighted by atomic mass is 16.5. The number of carbonyl (C=O) groups excluding carboxylic acids is 1. The van der Waals surface area contributed by atoms with Crippen LogP contribution in [-0.2, 0) is 6.42 Å². The Bertz CT molecular complexity index is 754. The highest BCUT2D eigenvalue weighted by Crippen LogP contribution is 2.35. The Kier molecular flexibility index (Phi) is 4.47. The number of hydrogen-bond acceptors (Lipinski definition) is 3. The number of ether oxygens (including phenoxy) is 2. The minimum atomic E-state index is -0.0122. The van der Waals surface area contributed by atoms with Gasteiger partial charge in [0.25, 0.3) is 5.91 Å². The second-order valence-electron chi connectivity index (χ2n) is 6.39. The van der Waals surface area contributed by atoms with Gasteiger partial charge in [0, 0.05) is 17.3 Å². The van der Waals surface area contributed by atoms with Gasteiger partial charge in [-0.1, -0.05) is 18.2 Å². The third-order valence-electron chi connectivity index (χ3n) is 4.20. The van der Waals surface area contributed by atoms with Crippen LogP contribution in [-0.4, -0.2) is 25.2 Å². The monoisotopic (exact) mass is 325 g/mol. The van der Waals surface area contributed by atoms with E-state index in [1.54, 1.807) is 25.3 Å². The maximum atomic E-state index is 13.1. The van der Waals surface area contributed by atoms with Crippen LogP contribution in [0.25, 0.3) is 0 Å². The zero-order chi connectivity index (χ0) is 17.3.